The Balaban J connectivity index is 3.23. The SMILES string of the molecule is N#Cc1ncc(N)cc1P. The van der Waals surface area contributed by atoms with Crippen molar-refractivity contribution < 1.29 is 0 Å². The number of nitriles is 1. The predicted molar refractivity (Wildman–Crippen MR) is 42.7 cm³/mol. The monoisotopic (exact) mass is 151 g/mol. The fourth-order valence-electron chi connectivity index (χ4n) is 0.592. The molecule has 4 heteroatoms. The van der Waals surface area contributed by atoms with Crippen molar-refractivity contribution >= 4 is 20.2 Å². The first-order chi connectivity index (χ1) is 4.74. The first-order valence-corrected chi connectivity index (χ1v) is 3.23. The van der Waals surface area contributed by atoms with Gasteiger partial charge in [-0.3, -0.25) is 0 Å². The van der Waals surface area contributed by atoms with E-state index in [4.69, 9.17) is 11.0 Å². The fourth-order valence-corrected chi connectivity index (χ4v) is 0.924. The van der Waals surface area contributed by atoms with Crippen molar-refractivity contribution in [3.05, 3.63) is 18.0 Å². The molecule has 0 aliphatic rings. The summed E-state index contributed by atoms with van der Waals surface area (Å²) < 4.78 is 0. The second-order valence-corrected chi connectivity index (χ2v) is 2.44. The van der Waals surface area contributed by atoms with E-state index in [0.717, 1.165) is 5.30 Å². The summed E-state index contributed by atoms with van der Waals surface area (Å²) in [4.78, 5) is 3.79. The molecule has 0 radical (unpaired) electrons. The summed E-state index contributed by atoms with van der Waals surface area (Å²) in [6.07, 6.45) is 1.46. The number of rotatable bonds is 0. The molecule has 0 amide bonds. The molecule has 0 aliphatic carbocycles. The van der Waals surface area contributed by atoms with Gasteiger partial charge in [-0.25, -0.2) is 4.98 Å². The Hall–Kier alpha value is -1.13. The van der Waals surface area contributed by atoms with Gasteiger partial charge in [0.2, 0.25) is 0 Å². The number of anilines is 1. The molecule has 0 spiro atoms. The summed E-state index contributed by atoms with van der Waals surface area (Å²) in [6.45, 7) is 0. The fraction of sp³-hybridized carbons (Fsp3) is 0. The molecule has 1 heterocycles. The summed E-state index contributed by atoms with van der Waals surface area (Å²) >= 11 is 0. The van der Waals surface area contributed by atoms with Gasteiger partial charge in [0.15, 0.2) is 0 Å². The molecule has 1 aromatic heterocycles. The van der Waals surface area contributed by atoms with Crippen LogP contribution >= 0.6 is 9.24 Å². The zero-order valence-corrected chi connectivity index (χ0v) is 6.36. The van der Waals surface area contributed by atoms with Gasteiger partial charge in [0.1, 0.15) is 11.8 Å². The zero-order chi connectivity index (χ0) is 7.56. The molecule has 10 heavy (non-hydrogen) atoms. The van der Waals surface area contributed by atoms with E-state index < -0.39 is 0 Å². The lowest BCUT2D eigenvalue weighted by Crippen LogP contribution is -2.02. The lowest BCUT2D eigenvalue weighted by atomic mass is 10.3. The lowest BCUT2D eigenvalue weighted by molar-refractivity contribution is 1.29. The van der Waals surface area contributed by atoms with Crippen molar-refractivity contribution in [2.45, 2.75) is 0 Å². The summed E-state index contributed by atoms with van der Waals surface area (Å²) in [7, 11) is 2.40. The van der Waals surface area contributed by atoms with E-state index in [2.05, 4.69) is 14.2 Å². The average molecular weight is 151 g/mol. The standard InChI is InChI=1S/C6H6N3P/c7-2-5-6(10)1-4(8)3-9-5/h1,3H,8,10H2. The molecule has 2 N–H and O–H groups in total. The first-order valence-electron chi connectivity index (χ1n) is 2.65. The van der Waals surface area contributed by atoms with Crippen LogP contribution < -0.4 is 11.0 Å². The molecule has 50 valence electrons. The van der Waals surface area contributed by atoms with Crippen LogP contribution in [0.25, 0.3) is 0 Å². The molecule has 1 unspecified atom stereocenters. The number of nitrogens with zero attached hydrogens (tertiary/aromatic N) is 2. The minimum absolute atomic E-state index is 0.402. The highest BCUT2D eigenvalue weighted by molar-refractivity contribution is 7.27. The molecule has 0 saturated carbocycles. The highest BCUT2D eigenvalue weighted by atomic mass is 31.0. The quantitative estimate of drug-likeness (QED) is 0.532. The van der Waals surface area contributed by atoms with Gasteiger partial charge >= 0.3 is 0 Å². The molecular weight excluding hydrogens is 145 g/mol. The number of hydrogen-bond donors (Lipinski definition) is 1. The third-order valence-electron chi connectivity index (χ3n) is 1.04. The van der Waals surface area contributed by atoms with Gasteiger partial charge in [-0.15, -0.1) is 9.24 Å². The second kappa shape index (κ2) is 2.64. The second-order valence-electron chi connectivity index (χ2n) is 1.82. The van der Waals surface area contributed by atoms with Crippen molar-refractivity contribution in [2.75, 3.05) is 5.73 Å². The average Bonchev–Trinajstić information content (AvgIpc) is 1.88. The van der Waals surface area contributed by atoms with Crippen molar-refractivity contribution in [3.63, 3.8) is 0 Å². The van der Waals surface area contributed by atoms with Crippen LogP contribution in [0.5, 0.6) is 0 Å². The van der Waals surface area contributed by atoms with Crippen LogP contribution in [0.15, 0.2) is 12.3 Å². The number of aromatic nitrogens is 1. The van der Waals surface area contributed by atoms with E-state index >= 15 is 0 Å². The van der Waals surface area contributed by atoms with Gasteiger partial charge in [0.05, 0.1) is 11.9 Å². The van der Waals surface area contributed by atoms with Gasteiger partial charge in [-0.2, -0.15) is 5.26 Å². The van der Waals surface area contributed by atoms with Crippen LogP contribution in [0.4, 0.5) is 5.69 Å². The Morgan fingerprint density at radius 2 is 2.40 bits per heavy atom. The van der Waals surface area contributed by atoms with Gasteiger partial charge in [0.25, 0.3) is 0 Å². The summed E-state index contributed by atoms with van der Waals surface area (Å²) in [5, 5.41) is 9.18. The maximum atomic E-state index is 8.44. The topological polar surface area (TPSA) is 62.7 Å². The highest BCUT2D eigenvalue weighted by Gasteiger charge is 1.96. The van der Waals surface area contributed by atoms with Crippen molar-refractivity contribution in [1.29, 1.82) is 5.26 Å². The molecule has 1 rings (SSSR count). The molecule has 1 atom stereocenters. The van der Waals surface area contributed by atoms with Crippen molar-refractivity contribution in [3.8, 4) is 6.07 Å². The van der Waals surface area contributed by atoms with Crippen LogP contribution in [-0.4, -0.2) is 4.98 Å². The van der Waals surface area contributed by atoms with Crippen LogP contribution in [0, 0.1) is 11.3 Å². The molecule has 1 aromatic rings. The smallest absolute Gasteiger partial charge is 0.147 e. The minimum atomic E-state index is 0.402. The van der Waals surface area contributed by atoms with Gasteiger partial charge in [-0.1, -0.05) is 0 Å². The Morgan fingerprint density at radius 1 is 1.70 bits per heavy atom. The molecule has 0 aliphatic heterocycles. The van der Waals surface area contributed by atoms with E-state index in [-0.39, 0.29) is 0 Å². The van der Waals surface area contributed by atoms with Crippen LogP contribution in [0.3, 0.4) is 0 Å². The summed E-state index contributed by atoms with van der Waals surface area (Å²) in [5.41, 5.74) is 6.37. The first kappa shape index (κ1) is 6.98. The number of hydrogen-bond acceptors (Lipinski definition) is 3. The Kier molecular flexibility index (Phi) is 1.84. The number of nitrogens with two attached hydrogens (primary N) is 1. The van der Waals surface area contributed by atoms with E-state index in [1.807, 2.05) is 6.07 Å². The zero-order valence-electron chi connectivity index (χ0n) is 5.20. The Bertz CT molecular complexity index is 290. The van der Waals surface area contributed by atoms with E-state index in [9.17, 15) is 0 Å². The third-order valence-corrected chi connectivity index (χ3v) is 1.48. The van der Waals surface area contributed by atoms with Crippen molar-refractivity contribution in [1.82, 2.24) is 4.98 Å². The van der Waals surface area contributed by atoms with Gasteiger partial charge < -0.3 is 5.73 Å². The van der Waals surface area contributed by atoms with E-state index in [1.54, 1.807) is 6.07 Å². The number of pyridine rings is 1. The predicted octanol–water partition coefficient (Wildman–Crippen LogP) is 0.0359. The largest absolute Gasteiger partial charge is 0.397 e. The molecule has 0 aromatic carbocycles. The van der Waals surface area contributed by atoms with Crippen LogP contribution in [0.1, 0.15) is 5.69 Å². The third kappa shape index (κ3) is 1.23. The van der Waals surface area contributed by atoms with Crippen molar-refractivity contribution in [2.24, 2.45) is 0 Å². The minimum Gasteiger partial charge on any atom is -0.397 e. The molecule has 3 nitrogen and oxygen atoms in total. The van der Waals surface area contributed by atoms with E-state index in [0.29, 0.717) is 11.4 Å². The Labute approximate surface area is 61.1 Å². The molecular formula is C6H6N3P. The molecule has 0 fully saturated rings. The Morgan fingerprint density at radius 3 is 2.90 bits per heavy atom. The number of nitrogen functional groups attached to an aromatic ring is 1. The van der Waals surface area contributed by atoms with Gasteiger partial charge in [-0.05, 0) is 6.07 Å². The van der Waals surface area contributed by atoms with E-state index in [1.165, 1.54) is 6.20 Å². The molecule has 0 bridgehead atoms. The van der Waals surface area contributed by atoms with Crippen LogP contribution in [0.2, 0.25) is 0 Å². The normalized spacial score (nSPS) is 8.80. The maximum Gasteiger partial charge on any atom is 0.147 e. The molecule has 0 saturated heterocycles. The van der Waals surface area contributed by atoms with Crippen LogP contribution in [-0.2, 0) is 0 Å². The highest BCUT2D eigenvalue weighted by Crippen LogP contribution is 2.00. The lowest BCUT2D eigenvalue weighted by Gasteiger charge is -1.95. The summed E-state index contributed by atoms with van der Waals surface area (Å²) in [6, 6.07) is 3.63. The maximum absolute atomic E-state index is 8.44. The van der Waals surface area contributed by atoms with Gasteiger partial charge in [0, 0.05) is 5.30 Å². The summed E-state index contributed by atoms with van der Waals surface area (Å²) in [5.74, 6) is 0.